The Balaban J connectivity index is 1.87. The van der Waals surface area contributed by atoms with Gasteiger partial charge in [0, 0.05) is 5.56 Å². The third-order valence-electron chi connectivity index (χ3n) is 3.83. The average molecular weight is 337 g/mol. The molecule has 8 nitrogen and oxygen atoms in total. The predicted molar refractivity (Wildman–Crippen MR) is 88.4 cm³/mol. The Kier molecular flexibility index (Phi) is 3.96. The molecule has 0 saturated carbocycles. The maximum Gasteiger partial charge on any atom is 0.279 e. The van der Waals surface area contributed by atoms with Gasteiger partial charge in [0.05, 0.1) is 19.0 Å². The largest absolute Gasteiger partial charge is 0.387 e. The quantitative estimate of drug-likeness (QED) is 0.677. The number of aromatic nitrogens is 4. The molecule has 2 atom stereocenters. The van der Waals surface area contributed by atoms with E-state index in [-0.39, 0.29) is 12.5 Å². The molecule has 0 saturated heterocycles. The molecule has 0 unspecified atom stereocenters. The molecule has 0 radical (unpaired) electrons. The van der Waals surface area contributed by atoms with Crippen LogP contribution in [0.1, 0.15) is 16.6 Å². The highest BCUT2D eigenvalue weighted by Crippen LogP contribution is 2.15. The zero-order valence-electron chi connectivity index (χ0n) is 13.1. The molecule has 0 spiro atoms. The minimum absolute atomic E-state index is 0.154. The van der Waals surface area contributed by atoms with Crippen LogP contribution in [-0.2, 0) is 4.74 Å². The number of benzene rings is 1. The third-order valence-corrected chi connectivity index (χ3v) is 3.83. The van der Waals surface area contributed by atoms with E-state index >= 15 is 0 Å². The highest BCUT2D eigenvalue weighted by Gasteiger charge is 2.18. The highest BCUT2D eigenvalue weighted by atomic mass is 16.5. The number of rotatable bonds is 2. The number of amides is 1. The van der Waals surface area contributed by atoms with E-state index in [2.05, 4.69) is 19.9 Å². The lowest BCUT2D eigenvalue weighted by Gasteiger charge is -2.23. The summed E-state index contributed by atoms with van der Waals surface area (Å²) < 4.78 is 7.24. The number of aromatic amines is 1. The Bertz CT molecular complexity index is 1010. The number of hydrogen-bond acceptors (Lipinski definition) is 5. The first-order chi connectivity index (χ1) is 12.2. The number of hydrogen-bond donors (Lipinski definition) is 2. The van der Waals surface area contributed by atoms with E-state index in [9.17, 15) is 9.90 Å². The Morgan fingerprint density at radius 3 is 2.88 bits per heavy atom. The molecule has 3 aromatic rings. The Hall–Kier alpha value is -3.10. The number of ether oxygens (including phenoxy) is 1. The molecule has 1 amide bonds. The molecule has 8 heteroatoms. The van der Waals surface area contributed by atoms with Gasteiger partial charge in [0.15, 0.2) is 17.4 Å². The van der Waals surface area contributed by atoms with E-state index in [0.717, 1.165) is 0 Å². The zero-order valence-corrected chi connectivity index (χ0v) is 13.1. The van der Waals surface area contributed by atoms with Crippen LogP contribution in [0.25, 0.3) is 11.2 Å². The molecule has 0 fully saturated rings. The van der Waals surface area contributed by atoms with Gasteiger partial charge in [-0.15, -0.1) is 0 Å². The van der Waals surface area contributed by atoms with Gasteiger partial charge >= 0.3 is 0 Å². The van der Waals surface area contributed by atoms with Crippen LogP contribution in [-0.4, -0.2) is 43.2 Å². The summed E-state index contributed by atoms with van der Waals surface area (Å²) >= 11 is 0. The van der Waals surface area contributed by atoms with Crippen LogP contribution < -0.4 is 5.49 Å². The number of fused-ring (bicyclic) bond motifs is 1. The molecule has 0 bridgehead atoms. The minimum Gasteiger partial charge on any atom is -0.387 e. The van der Waals surface area contributed by atoms with E-state index in [4.69, 9.17) is 4.74 Å². The molecule has 2 N–H and O–H groups in total. The fourth-order valence-corrected chi connectivity index (χ4v) is 2.60. The molecule has 4 rings (SSSR count). The van der Waals surface area contributed by atoms with Crippen molar-refractivity contribution in [3.05, 3.63) is 66.2 Å². The van der Waals surface area contributed by atoms with Crippen LogP contribution in [0, 0.1) is 0 Å². The third kappa shape index (κ3) is 3.00. The van der Waals surface area contributed by atoms with Gasteiger partial charge in [-0.1, -0.05) is 24.3 Å². The van der Waals surface area contributed by atoms with Crippen molar-refractivity contribution >= 4 is 17.1 Å². The van der Waals surface area contributed by atoms with E-state index in [1.54, 1.807) is 41.0 Å². The van der Waals surface area contributed by atoms with Crippen molar-refractivity contribution in [3.63, 3.8) is 0 Å². The fourth-order valence-electron chi connectivity index (χ4n) is 2.60. The first-order valence-electron chi connectivity index (χ1n) is 7.75. The standard InChI is InChI=1S/C17H15N5O3/c23-12-6-7-13(25-8-12)22-10-20-15-14(18-9-19-15)16(22)21-17(24)11-4-2-1-3-5-11/h1-7,9-10,12-13,23H,8H2,(H,18,19)/t12-,13+/m0/s1. The van der Waals surface area contributed by atoms with Crippen LogP contribution in [0.4, 0.5) is 0 Å². The summed E-state index contributed by atoms with van der Waals surface area (Å²) in [7, 11) is 0. The van der Waals surface area contributed by atoms with Crippen molar-refractivity contribution in [2.75, 3.05) is 6.61 Å². The van der Waals surface area contributed by atoms with Crippen LogP contribution in [0.3, 0.4) is 0 Å². The summed E-state index contributed by atoms with van der Waals surface area (Å²) in [6.07, 6.45) is 5.19. The lowest BCUT2D eigenvalue weighted by molar-refractivity contribution is -0.0202. The van der Waals surface area contributed by atoms with Crippen LogP contribution >= 0.6 is 0 Å². The average Bonchev–Trinajstić information content (AvgIpc) is 3.13. The van der Waals surface area contributed by atoms with E-state index in [0.29, 0.717) is 22.2 Å². The number of nitrogens with one attached hydrogen (secondary N) is 1. The van der Waals surface area contributed by atoms with Crippen molar-refractivity contribution in [2.45, 2.75) is 12.3 Å². The molecule has 0 aliphatic carbocycles. The summed E-state index contributed by atoms with van der Waals surface area (Å²) in [6, 6.07) is 8.80. The summed E-state index contributed by atoms with van der Waals surface area (Å²) in [6.45, 7) is 0.154. The first kappa shape index (κ1) is 15.4. The van der Waals surface area contributed by atoms with Crippen LogP contribution in [0.5, 0.6) is 0 Å². The van der Waals surface area contributed by atoms with E-state index < -0.39 is 12.3 Å². The van der Waals surface area contributed by atoms with Crippen LogP contribution in [0.2, 0.25) is 0 Å². The van der Waals surface area contributed by atoms with Gasteiger partial charge < -0.3 is 14.8 Å². The van der Waals surface area contributed by atoms with Gasteiger partial charge in [-0.3, -0.25) is 9.36 Å². The summed E-state index contributed by atoms with van der Waals surface area (Å²) in [4.78, 5) is 28.1. The fraction of sp³-hybridized carbons (Fsp3) is 0.176. The number of carbonyl (C=O) groups is 1. The molecular weight excluding hydrogens is 322 g/mol. The molecule has 1 aliphatic heterocycles. The molecular formula is C17H15N5O3. The number of aliphatic hydroxyl groups excluding tert-OH is 1. The second-order valence-electron chi connectivity index (χ2n) is 5.54. The Morgan fingerprint density at radius 2 is 2.12 bits per heavy atom. The lowest BCUT2D eigenvalue weighted by atomic mass is 10.2. The molecule has 25 heavy (non-hydrogen) atoms. The Labute approximate surface area is 142 Å². The first-order valence-corrected chi connectivity index (χ1v) is 7.75. The molecule has 1 aliphatic rings. The second-order valence-corrected chi connectivity index (χ2v) is 5.54. The van der Waals surface area contributed by atoms with E-state index in [1.165, 1.54) is 12.7 Å². The van der Waals surface area contributed by atoms with Crippen molar-refractivity contribution in [1.29, 1.82) is 0 Å². The number of carbonyl (C=O) groups excluding carboxylic acids is 1. The van der Waals surface area contributed by atoms with Gasteiger partial charge in [0.25, 0.3) is 5.91 Å². The monoisotopic (exact) mass is 337 g/mol. The van der Waals surface area contributed by atoms with Crippen molar-refractivity contribution in [2.24, 2.45) is 4.99 Å². The smallest absolute Gasteiger partial charge is 0.279 e. The molecule has 3 heterocycles. The number of aliphatic hydroxyl groups is 1. The van der Waals surface area contributed by atoms with Gasteiger partial charge in [0.1, 0.15) is 11.8 Å². The van der Waals surface area contributed by atoms with Crippen molar-refractivity contribution < 1.29 is 14.6 Å². The zero-order chi connectivity index (χ0) is 17.2. The lowest BCUT2D eigenvalue weighted by Crippen LogP contribution is -2.32. The van der Waals surface area contributed by atoms with E-state index in [1.807, 2.05) is 6.07 Å². The summed E-state index contributed by atoms with van der Waals surface area (Å²) in [5.41, 5.74) is 1.84. The van der Waals surface area contributed by atoms with Crippen molar-refractivity contribution in [1.82, 2.24) is 19.5 Å². The molecule has 2 aromatic heterocycles. The van der Waals surface area contributed by atoms with Crippen LogP contribution in [0.15, 0.2) is 60.1 Å². The normalized spacial score (nSPS) is 20.9. The number of H-pyrrole nitrogens is 1. The highest BCUT2D eigenvalue weighted by molar-refractivity contribution is 5.95. The second kappa shape index (κ2) is 6.42. The van der Waals surface area contributed by atoms with Gasteiger partial charge in [-0.05, 0) is 18.2 Å². The summed E-state index contributed by atoms with van der Waals surface area (Å²) in [5.74, 6) is -0.378. The molecule has 126 valence electrons. The maximum atomic E-state index is 12.5. The van der Waals surface area contributed by atoms with Crippen molar-refractivity contribution in [3.8, 4) is 0 Å². The summed E-state index contributed by atoms with van der Waals surface area (Å²) in [5, 5.41) is 9.55. The topological polar surface area (TPSA) is 105 Å². The Morgan fingerprint density at radius 1 is 1.28 bits per heavy atom. The number of imidazole rings is 1. The predicted octanol–water partition coefficient (Wildman–Crippen LogP) is 0.946. The van der Waals surface area contributed by atoms with Gasteiger partial charge in [-0.25, -0.2) is 9.97 Å². The SMILES string of the molecule is O=C(N=c1c2[nH]cnc2ncn1[C@H]1C=C[C@H](O)CO1)c1ccccc1. The minimum atomic E-state index is -0.646. The molecule has 1 aromatic carbocycles. The van der Waals surface area contributed by atoms with Gasteiger partial charge in [-0.2, -0.15) is 4.99 Å². The number of nitrogens with zero attached hydrogens (tertiary/aromatic N) is 4. The van der Waals surface area contributed by atoms with Gasteiger partial charge in [0.2, 0.25) is 0 Å². The maximum absolute atomic E-state index is 12.5.